The van der Waals surface area contributed by atoms with E-state index < -0.39 is 0 Å². The molecule has 1 N–H and O–H groups in total. The maximum atomic E-state index is 12.3. The Labute approximate surface area is 114 Å². The minimum atomic E-state index is -0.00940. The summed E-state index contributed by atoms with van der Waals surface area (Å²) in [5.41, 5.74) is 0. The Kier molecular flexibility index (Phi) is 4.63. The van der Waals surface area contributed by atoms with E-state index in [2.05, 4.69) is 5.32 Å². The molecule has 19 heavy (non-hydrogen) atoms. The van der Waals surface area contributed by atoms with Crippen LogP contribution in [-0.4, -0.2) is 79.5 Å². The molecule has 1 atom stereocenters. The van der Waals surface area contributed by atoms with Crippen LogP contribution in [0, 0.1) is 0 Å². The molecule has 6 heteroatoms. The first kappa shape index (κ1) is 14.1. The fourth-order valence-corrected chi connectivity index (χ4v) is 2.68. The van der Waals surface area contributed by atoms with Crippen molar-refractivity contribution in [2.24, 2.45) is 0 Å². The number of amides is 3. The zero-order chi connectivity index (χ0) is 13.8. The largest absolute Gasteiger partial charge is 0.338 e. The topological polar surface area (TPSA) is 55.9 Å². The normalized spacial score (nSPS) is 24.2. The van der Waals surface area contributed by atoms with Gasteiger partial charge in [0.15, 0.2) is 0 Å². The van der Waals surface area contributed by atoms with Crippen LogP contribution in [0.2, 0.25) is 0 Å². The van der Waals surface area contributed by atoms with Gasteiger partial charge in [0.05, 0.1) is 6.04 Å². The number of rotatable bonds is 1. The van der Waals surface area contributed by atoms with Crippen LogP contribution in [0.15, 0.2) is 0 Å². The van der Waals surface area contributed by atoms with Gasteiger partial charge in [-0.25, -0.2) is 4.79 Å². The van der Waals surface area contributed by atoms with Crippen molar-refractivity contribution in [1.82, 2.24) is 20.0 Å². The molecule has 1 unspecified atom stereocenters. The molecule has 2 fully saturated rings. The van der Waals surface area contributed by atoms with Crippen molar-refractivity contribution in [1.29, 1.82) is 0 Å². The van der Waals surface area contributed by atoms with E-state index in [-0.39, 0.29) is 18.0 Å². The van der Waals surface area contributed by atoms with E-state index in [1.807, 2.05) is 4.90 Å². The summed E-state index contributed by atoms with van der Waals surface area (Å²) in [5.74, 6) is 0.205. The zero-order valence-corrected chi connectivity index (χ0v) is 11.9. The first-order chi connectivity index (χ1) is 9.09. The maximum absolute atomic E-state index is 12.3. The van der Waals surface area contributed by atoms with Gasteiger partial charge in [-0.05, 0) is 19.4 Å². The van der Waals surface area contributed by atoms with E-state index in [0.29, 0.717) is 26.2 Å². The van der Waals surface area contributed by atoms with Crippen LogP contribution in [0.3, 0.4) is 0 Å². The van der Waals surface area contributed by atoms with Crippen LogP contribution < -0.4 is 5.32 Å². The van der Waals surface area contributed by atoms with Gasteiger partial charge in [0.1, 0.15) is 0 Å². The number of hydrogen-bond donors (Lipinski definition) is 1. The number of piperazine rings is 1. The van der Waals surface area contributed by atoms with E-state index in [0.717, 1.165) is 25.8 Å². The quantitative estimate of drug-likeness (QED) is 0.726. The molecule has 0 radical (unpaired) electrons. The lowest BCUT2D eigenvalue weighted by atomic mass is 10.0. The first-order valence-electron chi connectivity index (χ1n) is 7.08. The number of piperidine rings is 1. The monoisotopic (exact) mass is 268 g/mol. The minimum absolute atomic E-state index is 0.00940. The molecule has 0 saturated carbocycles. The van der Waals surface area contributed by atoms with Gasteiger partial charge in [-0.1, -0.05) is 6.42 Å². The third kappa shape index (κ3) is 3.37. The molecule has 2 aliphatic heterocycles. The molecule has 0 spiro atoms. The maximum Gasteiger partial charge on any atom is 0.319 e. The Bertz CT molecular complexity index is 332. The van der Waals surface area contributed by atoms with Crippen LogP contribution in [0.1, 0.15) is 19.3 Å². The van der Waals surface area contributed by atoms with Gasteiger partial charge >= 0.3 is 6.03 Å². The number of nitrogens with zero attached hydrogens (tertiary/aromatic N) is 3. The van der Waals surface area contributed by atoms with Crippen molar-refractivity contribution in [2.75, 3.05) is 46.8 Å². The highest BCUT2D eigenvalue weighted by Gasteiger charge is 2.29. The summed E-state index contributed by atoms with van der Waals surface area (Å²) in [5, 5.41) is 3.29. The Morgan fingerprint density at radius 2 is 1.68 bits per heavy atom. The number of hydrogen-bond acceptors (Lipinski definition) is 3. The third-order valence-electron chi connectivity index (χ3n) is 3.85. The zero-order valence-electron chi connectivity index (χ0n) is 11.9. The van der Waals surface area contributed by atoms with E-state index in [4.69, 9.17) is 0 Å². The summed E-state index contributed by atoms with van der Waals surface area (Å²) in [6, 6.07) is 0.0211. The standard InChI is InChI=1S/C13H24N4O2/c1-15(2)13(19)17-9-7-16(8-10-17)12(18)11-5-3-4-6-14-11/h11,14H,3-10H2,1-2H3. The average molecular weight is 268 g/mol. The van der Waals surface area contributed by atoms with Gasteiger partial charge < -0.3 is 20.0 Å². The molecule has 3 amide bonds. The molecule has 0 aromatic rings. The minimum Gasteiger partial charge on any atom is -0.338 e. The van der Waals surface area contributed by atoms with Gasteiger partial charge in [-0.2, -0.15) is 0 Å². The summed E-state index contributed by atoms with van der Waals surface area (Å²) in [4.78, 5) is 29.4. The fraction of sp³-hybridized carbons (Fsp3) is 0.846. The lowest BCUT2D eigenvalue weighted by Crippen LogP contribution is -2.57. The predicted octanol–water partition coefficient (Wildman–Crippen LogP) is -0.0457. The number of urea groups is 1. The Hall–Kier alpha value is -1.30. The van der Waals surface area contributed by atoms with Gasteiger partial charge in [0.2, 0.25) is 5.91 Å². The van der Waals surface area contributed by atoms with Crippen LogP contribution >= 0.6 is 0 Å². The summed E-state index contributed by atoms with van der Waals surface area (Å²) in [7, 11) is 3.51. The summed E-state index contributed by atoms with van der Waals surface area (Å²) >= 11 is 0. The lowest BCUT2D eigenvalue weighted by Gasteiger charge is -2.38. The fourth-order valence-electron chi connectivity index (χ4n) is 2.68. The van der Waals surface area contributed by atoms with Crippen LogP contribution in [0.25, 0.3) is 0 Å². The van der Waals surface area contributed by atoms with E-state index in [1.54, 1.807) is 23.9 Å². The van der Waals surface area contributed by atoms with Gasteiger partial charge in [-0.15, -0.1) is 0 Å². The molecule has 2 aliphatic rings. The molecule has 0 aromatic heterocycles. The second-order valence-corrected chi connectivity index (χ2v) is 5.49. The van der Waals surface area contributed by atoms with Gasteiger partial charge in [-0.3, -0.25) is 4.79 Å². The first-order valence-corrected chi connectivity index (χ1v) is 7.08. The molecule has 2 saturated heterocycles. The van der Waals surface area contributed by atoms with Gasteiger partial charge in [0, 0.05) is 40.3 Å². The van der Waals surface area contributed by atoms with Crippen molar-refractivity contribution < 1.29 is 9.59 Å². The van der Waals surface area contributed by atoms with Crippen molar-refractivity contribution in [3.8, 4) is 0 Å². The molecule has 0 aliphatic carbocycles. The van der Waals surface area contributed by atoms with Gasteiger partial charge in [0.25, 0.3) is 0 Å². The smallest absolute Gasteiger partial charge is 0.319 e. The van der Waals surface area contributed by atoms with Crippen LogP contribution in [0.4, 0.5) is 4.79 Å². The highest BCUT2D eigenvalue weighted by Crippen LogP contribution is 2.12. The second-order valence-electron chi connectivity index (χ2n) is 5.49. The molecular formula is C13H24N4O2. The average Bonchev–Trinajstić information content (AvgIpc) is 2.46. The third-order valence-corrected chi connectivity index (χ3v) is 3.85. The second kappa shape index (κ2) is 6.23. The van der Waals surface area contributed by atoms with Crippen molar-refractivity contribution >= 4 is 11.9 Å². The predicted molar refractivity (Wildman–Crippen MR) is 72.9 cm³/mol. The molecule has 0 aromatic carbocycles. The van der Waals surface area contributed by atoms with E-state index in [9.17, 15) is 9.59 Å². The Morgan fingerprint density at radius 1 is 1.05 bits per heavy atom. The Morgan fingerprint density at radius 3 is 2.21 bits per heavy atom. The summed E-state index contributed by atoms with van der Waals surface area (Å²) in [6.45, 7) is 3.51. The van der Waals surface area contributed by atoms with E-state index >= 15 is 0 Å². The lowest BCUT2D eigenvalue weighted by molar-refractivity contribution is -0.135. The summed E-state index contributed by atoms with van der Waals surface area (Å²) < 4.78 is 0. The molecule has 2 heterocycles. The highest BCUT2D eigenvalue weighted by molar-refractivity contribution is 5.82. The molecule has 108 valence electrons. The Balaban J connectivity index is 1.82. The van der Waals surface area contributed by atoms with Crippen LogP contribution in [0.5, 0.6) is 0 Å². The SMILES string of the molecule is CN(C)C(=O)N1CCN(C(=O)C2CCCCN2)CC1. The number of carbonyl (C=O) groups excluding carboxylic acids is 2. The number of carbonyl (C=O) groups is 2. The molecule has 6 nitrogen and oxygen atoms in total. The molecule has 2 rings (SSSR count). The summed E-state index contributed by atoms with van der Waals surface area (Å²) in [6.07, 6.45) is 3.23. The van der Waals surface area contributed by atoms with Crippen molar-refractivity contribution in [3.05, 3.63) is 0 Å². The molecular weight excluding hydrogens is 244 g/mol. The van der Waals surface area contributed by atoms with E-state index in [1.165, 1.54) is 0 Å². The highest BCUT2D eigenvalue weighted by atomic mass is 16.2. The number of nitrogens with one attached hydrogen (secondary N) is 1. The van der Waals surface area contributed by atoms with Crippen molar-refractivity contribution in [2.45, 2.75) is 25.3 Å². The molecule has 0 bridgehead atoms. The van der Waals surface area contributed by atoms with Crippen molar-refractivity contribution in [3.63, 3.8) is 0 Å². The van der Waals surface area contributed by atoms with Crippen LogP contribution in [-0.2, 0) is 4.79 Å².